The van der Waals surface area contributed by atoms with Crippen LogP contribution in [0.2, 0.25) is 0 Å². The zero-order valence-corrected chi connectivity index (χ0v) is 10.3. The SMILES string of the molecule is CNC(=O)C(C)Nc1ccc(C(=O)O)c([N+](=O)[O-])c1. The van der Waals surface area contributed by atoms with Crippen molar-refractivity contribution in [2.45, 2.75) is 13.0 Å². The molecule has 1 rings (SSSR count). The van der Waals surface area contributed by atoms with E-state index in [0.29, 0.717) is 5.69 Å². The molecule has 0 spiro atoms. The minimum atomic E-state index is -1.38. The van der Waals surface area contributed by atoms with Crippen LogP contribution in [0.15, 0.2) is 18.2 Å². The lowest BCUT2D eigenvalue weighted by molar-refractivity contribution is -0.385. The van der Waals surface area contributed by atoms with Crippen molar-refractivity contribution in [3.8, 4) is 0 Å². The molecular formula is C11H13N3O5. The first kappa shape index (κ1) is 14.4. The van der Waals surface area contributed by atoms with E-state index in [9.17, 15) is 19.7 Å². The first-order valence-corrected chi connectivity index (χ1v) is 5.36. The maximum Gasteiger partial charge on any atom is 0.342 e. The number of carboxylic acids is 1. The Bertz CT molecular complexity index is 529. The number of aromatic carboxylic acids is 1. The van der Waals surface area contributed by atoms with Crippen LogP contribution in [-0.4, -0.2) is 35.0 Å². The van der Waals surface area contributed by atoms with Gasteiger partial charge >= 0.3 is 5.97 Å². The molecule has 0 bridgehead atoms. The van der Waals surface area contributed by atoms with Gasteiger partial charge in [-0.15, -0.1) is 0 Å². The third-order valence-electron chi connectivity index (χ3n) is 2.45. The number of carboxylic acid groups (broad SMARTS) is 1. The molecule has 0 aromatic heterocycles. The van der Waals surface area contributed by atoms with E-state index in [-0.39, 0.29) is 5.91 Å². The third-order valence-corrected chi connectivity index (χ3v) is 2.45. The molecule has 0 radical (unpaired) electrons. The van der Waals surface area contributed by atoms with Crippen molar-refractivity contribution in [1.29, 1.82) is 0 Å². The lowest BCUT2D eigenvalue weighted by Gasteiger charge is -2.13. The zero-order chi connectivity index (χ0) is 14.6. The Kier molecular flexibility index (Phi) is 4.41. The smallest absolute Gasteiger partial charge is 0.342 e. The van der Waals surface area contributed by atoms with Crippen molar-refractivity contribution in [2.75, 3.05) is 12.4 Å². The van der Waals surface area contributed by atoms with E-state index in [2.05, 4.69) is 10.6 Å². The monoisotopic (exact) mass is 267 g/mol. The van der Waals surface area contributed by atoms with Crippen LogP contribution in [0, 0.1) is 10.1 Å². The summed E-state index contributed by atoms with van der Waals surface area (Å²) in [6, 6.07) is 2.98. The van der Waals surface area contributed by atoms with Crippen LogP contribution in [0.25, 0.3) is 0 Å². The molecule has 8 heteroatoms. The van der Waals surface area contributed by atoms with Crippen LogP contribution in [0.5, 0.6) is 0 Å². The minimum Gasteiger partial charge on any atom is -0.477 e. The maximum atomic E-state index is 11.3. The van der Waals surface area contributed by atoms with Gasteiger partial charge in [-0.05, 0) is 19.1 Å². The number of likely N-dealkylation sites (N-methyl/N-ethyl adjacent to an activating group) is 1. The first-order chi connectivity index (χ1) is 8.86. The van der Waals surface area contributed by atoms with Crippen LogP contribution < -0.4 is 10.6 Å². The van der Waals surface area contributed by atoms with Crippen molar-refractivity contribution in [2.24, 2.45) is 0 Å². The summed E-state index contributed by atoms with van der Waals surface area (Å²) in [6.07, 6.45) is 0. The second-order valence-corrected chi connectivity index (χ2v) is 3.77. The van der Waals surface area contributed by atoms with Crippen molar-refractivity contribution in [3.63, 3.8) is 0 Å². The lowest BCUT2D eigenvalue weighted by Crippen LogP contribution is -2.35. The quantitative estimate of drug-likeness (QED) is 0.536. The minimum absolute atomic E-state index is 0.287. The summed E-state index contributed by atoms with van der Waals surface area (Å²) in [7, 11) is 1.47. The topological polar surface area (TPSA) is 122 Å². The molecule has 0 aliphatic carbocycles. The van der Waals surface area contributed by atoms with E-state index < -0.39 is 28.2 Å². The van der Waals surface area contributed by atoms with Gasteiger partial charge in [0.15, 0.2) is 0 Å². The van der Waals surface area contributed by atoms with Gasteiger partial charge in [0.05, 0.1) is 4.92 Å². The van der Waals surface area contributed by atoms with Crippen LogP contribution >= 0.6 is 0 Å². The Morgan fingerprint density at radius 2 is 2.05 bits per heavy atom. The molecular weight excluding hydrogens is 254 g/mol. The molecule has 3 N–H and O–H groups in total. The maximum absolute atomic E-state index is 11.3. The number of hydrogen-bond donors (Lipinski definition) is 3. The number of anilines is 1. The average Bonchev–Trinajstić information content (AvgIpc) is 2.37. The number of hydrogen-bond acceptors (Lipinski definition) is 5. The Labute approximate surface area is 108 Å². The van der Waals surface area contributed by atoms with E-state index in [1.54, 1.807) is 6.92 Å². The van der Waals surface area contributed by atoms with Crippen molar-refractivity contribution < 1.29 is 19.6 Å². The summed E-state index contributed by atoms with van der Waals surface area (Å²) < 4.78 is 0. The second kappa shape index (κ2) is 5.80. The molecule has 0 saturated heterocycles. The van der Waals surface area contributed by atoms with Crippen LogP contribution in [0.1, 0.15) is 17.3 Å². The fraction of sp³-hybridized carbons (Fsp3) is 0.273. The summed E-state index contributed by atoms with van der Waals surface area (Å²) >= 11 is 0. The van der Waals surface area contributed by atoms with Crippen LogP contribution in [0.4, 0.5) is 11.4 Å². The molecule has 8 nitrogen and oxygen atoms in total. The van der Waals surface area contributed by atoms with Gasteiger partial charge in [0, 0.05) is 18.8 Å². The summed E-state index contributed by atoms with van der Waals surface area (Å²) in [5, 5.41) is 24.8. The molecule has 1 atom stereocenters. The molecule has 1 amide bonds. The number of nitro benzene ring substituents is 1. The van der Waals surface area contributed by atoms with E-state index >= 15 is 0 Å². The molecule has 0 heterocycles. The fourth-order valence-electron chi connectivity index (χ4n) is 1.49. The van der Waals surface area contributed by atoms with Gasteiger partial charge in [0.1, 0.15) is 11.6 Å². The summed E-state index contributed by atoms with van der Waals surface area (Å²) in [6.45, 7) is 1.58. The van der Waals surface area contributed by atoms with Gasteiger partial charge in [-0.25, -0.2) is 4.79 Å². The van der Waals surface area contributed by atoms with Crippen molar-refractivity contribution >= 4 is 23.3 Å². The van der Waals surface area contributed by atoms with Gasteiger partial charge in [0.2, 0.25) is 5.91 Å². The highest BCUT2D eigenvalue weighted by Gasteiger charge is 2.21. The Morgan fingerprint density at radius 1 is 1.42 bits per heavy atom. The van der Waals surface area contributed by atoms with E-state index in [1.807, 2.05) is 0 Å². The first-order valence-electron chi connectivity index (χ1n) is 5.36. The van der Waals surface area contributed by atoms with Gasteiger partial charge in [-0.3, -0.25) is 14.9 Å². The zero-order valence-electron chi connectivity index (χ0n) is 10.3. The number of carbonyl (C=O) groups is 2. The Balaban J connectivity index is 3.06. The van der Waals surface area contributed by atoms with E-state index in [0.717, 1.165) is 12.1 Å². The highest BCUT2D eigenvalue weighted by atomic mass is 16.6. The second-order valence-electron chi connectivity index (χ2n) is 3.77. The highest BCUT2D eigenvalue weighted by Crippen LogP contribution is 2.23. The highest BCUT2D eigenvalue weighted by molar-refractivity contribution is 5.93. The summed E-state index contributed by atoms with van der Waals surface area (Å²) in [4.78, 5) is 32.1. The number of amides is 1. The number of rotatable bonds is 5. The molecule has 1 unspecified atom stereocenters. The molecule has 0 aliphatic heterocycles. The number of carbonyl (C=O) groups excluding carboxylic acids is 1. The van der Waals surface area contributed by atoms with E-state index in [1.165, 1.54) is 13.1 Å². The number of nitro groups is 1. The number of nitrogens with zero attached hydrogens (tertiary/aromatic N) is 1. The summed E-state index contributed by atoms with van der Waals surface area (Å²) in [5.74, 6) is -1.66. The van der Waals surface area contributed by atoms with Gasteiger partial charge < -0.3 is 15.7 Å². The standard InChI is InChI=1S/C11H13N3O5/c1-6(10(15)12-2)13-7-3-4-8(11(16)17)9(5-7)14(18)19/h3-6,13H,1-2H3,(H,12,15)(H,16,17). The van der Waals surface area contributed by atoms with Gasteiger partial charge in [-0.1, -0.05) is 0 Å². The molecule has 0 aliphatic rings. The van der Waals surface area contributed by atoms with Crippen LogP contribution in [0.3, 0.4) is 0 Å². The average molecular weight is 267 g/mol. The Morgan fingerprint density at radius 3 is 2.53 bits per heavy atom. The largest absolute Gasteiger partial charge is 0.477 e. The fourth-order valence-corrected chi connectivity index (χ4v) is 1.49. The van der Waals surface area contributed by atoms with Gasteiger partial charge in [-0.2, -0.15) is 0 Å². The molecule has 19 heavy (non-hydrogen) atoms. The number of benzene rings is 1. The number of nitrogens with one attached hydrogen (secondary N) is 2. The molecule has 1 aromatic carbocycles. The Hall–Kier alpha value is -2.64. The van der Waals surface area contributed by atoms with Crippen molar-refractivity contribution in [1.82, 2.24) is 5.32 Å². The third kappa shape index (κ3) is 3.41. The predicted molar refractivity (Wildman–Crippen MR) is 67.2 cm³/mol. The van der Waals surface area contributed by atoms with Crippen LogP contribution in [-0.2, 0) is 4.79 Å². The molecule has 102 valence electrons. The lowest BCUT2D eigenvalue weighted by atomic mass is 10.1. The molecule has 0 saturated carbocycles. The van der Waals surface area contributed by atoms with E-state index in [4.69, 9.17) is 5.11 Å². The molecule has 0 fully saturated rings. The van der Waals surface area contributed by atoms with Gasteiger partial charge in [0.25, 0.3) is 5.69 Å². The van der Waals surface area contributed by atoms with Crippen molar-refractivity contribution in [3.05, 3.63) is 33.9 Å². The molecule has 1 aromatic rings. The normalized spacial score (nSPS) is 11.5. The predicted octanol–water partition coefficient (Wildman–Crippen LogP) is 0.839. The summed E-state index contributed by atoms with van der Waals surface area (Å²) in [5.41, 5.74) is -0.627.